The lowest BCUT2D eigenvalue weighted by Gasteiger charge is -2.14. The Kier molecular flexibility index (Phi) is 5.49. The van der Waals surface area contributed by atoms with Gasteiger partial charge in [-0.15, -0.1) is 0 Å². The maximum atomic E-state index is 11.0. The zero-order valence-corrected chi connectivity index (χ0v) is 13.3. The molecular formula is C11H14BrNO6S. The summed E-state index contributed by atoms with van der Waals surface area (Å²) in [5, 5.41) is 20.7. The highest BCUT2D eigenvalue weighted by Crippen LogP contribution is 2.37. The van der Waals surface area contributed by atoms with E-state index in [2.05, 4.69) is 15.9 Å². The zero-order chi connectivity index (χ0) is 15.5. The predicted octanol–water partition coefficient (Wildman–Crippen LogP) is 1.83. The lowest BCUT2D eigenvalue weighted by molar-refractivity contribution is -0.386. The van der Waals surface area contributed by atoms with Gasteiger partial charge in [-0.05, 0) is 13.0 Å². The van der Waals surface area contributed by atoms with Gasteiger partial charge in [-0.3, -0.25) is 10.1 Å². The fourth-order valence-corrected chi connectivity index (χ4v) is 2.35. The number of hydrogen-bond donors (Lipinski definition) is 1. The highest BCUT2D eigenvalue weighted by molar-refractivity contribution is 9.10. The van der Waals surface area contributed by atoms with Gasteiger partial charge in [0.05, 0.1) is 16.8 Å². The minimum Gasteiger partial charge on any atom is -0.485 e. The van der Waals surface area contributed by atoms with E-state index in [0.717, 1.165) is 6.26 Å². The molecule has 1 rings (SSSR count). The number of aliphatic hydroxyl groups is 1. The summed E-state index contributed by atoms with van der Waals surface area (Å²) in [5.74, 6) is -0.378. The summed E-state index contributed by atoms with van der Waals surface area (Å²) in [5.41, 5.74) is -0.108. The lowest BCUT2D eigenvalue weighted by atomic mass is 10.1. The smallest absolute Gasteiger partial charge is 0.312 e. The van der Waals surface area contributed by atoms with Crippen LogP contribution in [0.5, 0.6) is 5.75 Å². The molecule has 1 unspecified atom stereocenters. The molecule has 9 heteroatoms. The Morgan fingerprint density at radius 2 is 2.10 bits per heavy atom. The summed E-state index contributed by atoms with van der Waals surface area (Å²) in [7, 11) is -3.24. The van der Waals surface area contributed by atoms with E-state index in [1.807, 2.05) is 0 Å². The Bertz CT molecular complexity index is 614. The van der Waals surface area contributed by atoms with Gasteiger partial charge in [0.25, 0.3) is 0 Å². The molecule has 0 spiro atoms. The fourth-order valence-electron chi connectivity index (χ4n) is 1.50. The summed E-state index contributed by atoms with van der Waals surface area (Å²) < 4.78 is 27.7. The van der Waals surface area contributed by atoms with Crippen molar-refractivity contribution in [2.75, 3.05) is 18.6 Å². The van der Waals surface area contributed by atoms with E-state index in [0.29, 0.717) is 4.47 Å². The molecule has 0 amide bonds. The van der Waals surface area contributed by atoms with Crippen molar-refractivity contribution in [1.82, 2.24) is 0 Å². The maximum Gasteiger partial charge on any atom is 0.312 e. The van der Waals surface area contributed by atoms with Crippen LogP contribution in [-0.4, -0.2) is 37.1 Å². The van der Waals surface area contributed by atoms with Gasteiger partial charge in [-0.25, -0.2) is 8.42 Å². The number of nitro groups is 1. The maximum absolute atomic E-state index is 11.0. The molecule has 1 aromatic rings. The first kappa shape index (κ1) is 16.9. The van der Waals surface area contributed by atoms with Crippen molar-refractivity contribution < 1.29 is 23.2 Å². The number of sulfone groups is 1. The van der Waals surface area contributed by atoms with E-state index < -0.39 is 20.9 Å². The lowest BCUT2D eigenvalue weighted by Crippen LogP contribution is -2.14. The number of ether oxygens (including phenoxy) is 1. The Balaban J connectivity index is 3.16. The number of halogens is 1. The highest BCUT2D eigenvalue weighted by Gasteiger charge is 2.23. The van der Waals surface area contributed by atoms with E-state index in [1.165, 1.54) is 19.1 Å². The average molecular weight is 368 g/mol. The molecule has 0 aliphatic heterocycles. The molecule has 20 heavy (non-hydrogen) atoms. The Hall–Kier alpha value is -1.19. The summed E-state index contributed by atoms with van der Waals surface area (Å²) in [6, 6.07) is 2.73. The van der Waals surface area contributed by atoms with Crippen molar-refractivity contribution in [3.8, 4) is 5.75 Å². The number of aliphatic hydroxyl groups excluding tert-OH is 1. The molecule has 0 aliphatic carbocycles. The van der Waals surface area contributed by atoms with E-state index in [9.17, 15) is 23.6 Å². The van der Waals surface area contributed by atoms with Gasteiger partial charge in [-0.2, -0.15) is 0 Å². The van der Waals surface area contributed by atoms with Gasteiger partial charge < -0.3 is 9.84 Å². The van der Waals surface area contributed by atoms with Gasteiger partial charge in [0, 0.05) is 22.4 Å². The first-order valence-corrected chi connectivity index (χ1v) is 8.43. The van der Waals surface area contributed by atoms with Crippen LogP contribution in [0, 0.1) is 10.1 Å². The third kappa shape index (κ3) is 4.73. The second-order valence-corrected chi connectivity index (χ2v) is 7.43. The predicted molar refractivity (Wildman–Crippen MR) is 76.6 cm³/mol. The minimum absolute atomic E-state index is 0.114. The van der Waals surface area contributed by atoms with Gasteiger partial charge in [0.15, 0.2) is 9.84 Å². The summed E-state index contributed by atoms with van der Waals surface area (Å²) in [4.78, 5) is 10.4. The molecular weight excluding hydrogens is 354 g/mol. The minimum atomic E-state index is -3.24. The van der Waals surface area contributed by atoms with Crippen LogP contribution in [-0.2, 0) is 9.84 Å². The number of benzene rings is 1. The first-order valence-electron chi connectivity index (χ1n) is 5.58. The van der Waals surface area contributed by atoms with Gasteiger partial charge in [0.2, 0.25) is 5.75 Å². The molecule has 0 fully saturated rings. The van der Waals surface area contributed by atoms with Crippen molar-refractivity contribution in [3.63, 3.8) is 0 Å². The van der Waals surface area contributed by atoms with Crippen LogP contribution < -0.4 is 4.74 Å². The van der Waals surface area contributed by atoms with E-state index >= 15 is 0 Å². The molecule has 0 aromatic heterocycles. The van der Waals surface area contributed by atoms with Crippen LogP contribution in [0.2, 0.25) is 0 Å². The second kappa shape index (κ2) is 6.51. The number of rotatable bonds is 6. The fraction of sp³-hybridized carbons (Fsp3) is 0.455. The van der Waals surface area contributed by atoms with Crippen molar-refractivity contribution >= 4 is 31.5 Å². The zero-order valence-electron chi connectivity index (χ0n) is 10.9. The third-order valence-electron chi connectivity index (χ3n) is 2.41. The van der Waals surface area contributed by atoms with Crippen LogP contribution in [0.3, 0.4) is 0 Å². The normalized spacial score (nSPS) is 13.0. The van der Waals surface area contributed by atoms with E-state index in [-0.39, 0.29) is 29.4 Å². The van der Waals surface area contributed by atoms with Crippen molar-refractivity contribution in [2.45, 2.75) is 13.0 Å². The highest BCUT2D eigenvalue weighted by atomic mass is 79.9. The molecule has 0 heterocycles. The second-order valence-electron chi connectivity index (χ2n) is 4.25. The van der Waals surface area contributed by atoms with Crippen LogP contribution in [0.25, 0.3) is 0 Å². The number of nitrogens with zero attached hydrogens (tertiary/aromatic N) is 1. The van der Waals surface area contributed by atoms with Crippen molar-refractivity contribution in [1.29, 1.82) is 0 Å². The standard InChI is InChI=1S/C11H14BrNO6S/c1-7(14)9-5-8(12)6-10(13(15)16)11(9)19-3-4-20(2,17)18/h5-7,14H,3-4H2,1-2H3. The largest absolute Gasteiger partial charge is 0.485 e. The van der Waals surface area contributed by atoms with Gasteiger partial charge in [-0.1, -0.05) is 15.9 Å². The van der Waals surface area contributed by atoms with Crippen LogP contribution >= 0.6 is 15.9 Å². The Morgan fingerprint density at radius 1 is 1.50 bits per heavy atom. The topological polar surface area (TPSA) is 107 Å². The average Bonchev–Trinajstić information content (AvgIpc) is 2.28. The van der Waals surface area contributed by atoms with E-state index in [1.54, 1.807) is 0 Å². The molecule has 7 nitrogen and oxygen atoms in total. The van der Waals surface area contributed by atoms with E-state index in [4.69, 9.17) is 4.74 Å². The molecule has 1 aromatic carbocycles. The molecule has 0 radical (unpaired) electrons. The summed E-state index contributed by atoms with van der Waals surface area (Å²) >= 11 is 3.12. The number of hydrogen-bond acceptors (Lipinski definition) is 6. The number of nitro benzene ring substituents is 1. The Labute approximate surface area is 124 Å². The monoisotopic (exact) mass is 367 g/mol. The Morgan fingerprint density at radius 3 is 2.55 bits per heavy atom. The molecule has 0 aliphatic rings. The van der Waals surface area contributed by atoms with Crippen molar-refractivity contribution in [2.24, 2.45) is 0 Å². The van der Waals surface area contributed by atoms with Crippen molar-refractivity contribution in [3.05, 3.63) is 32.3 Å². The molecule has 112 valence electrons. The summed E-state index contributed by atoms with van der Waals surface area (Å²) in [6.45, 7) is 1.22. The molecule has 1 N–H and O–H groups in total. The summed E-state index contributed by atoms with van der Waals surface area (Å²) in [6.07, 6.45) is 0.0569. The van der Waals surface area contributed by atoms with Gasteiger partial charge >= 0.3 is 5.69 Å². The van der Waals surface area contributed by atoms with Gasteiger partial charge in [0.1, 0.15) is 6.61 Å². The van der Waals surface area contributed by atoms with Crippen LogP contribution in [0.1, 0.15) is 18.6 Å². The molecule has 0 bridgehead atoms. The molecule has 1 atom stereocenters. The molecule has 0 saturated heterocycles. The first-order chi connectivity index (χ1) is 9.11. The third-order valence-corrected chi connectivity index (χ3v) is 3.78. The molecule has 0 saturated carbocycles. The quantitative estimate of drug-likeness (QED) is 0.607. The SMILES string of the molecule is CC(O)c1cc(Br)cc([N+](=O)[O-])c1OCCS(C)(=O)=O. The van der Waals surface area contributed by atoms with Crippen LogP contribution in [0.4, 0.5) is 5.69 Å². The van der Waals surface area contributed by atoms with Crippen LogP contribution in [0.15, 0.2) is 16.6 Å².